The van der Waals surface area contributed by atoms with Crippen LogP contribution in [0.4, 0.5) is 45.5 Å². The van der Waals surface area contributed by atoms with E-state index in [-0.39, 0.29) is 23.9 Å². The van der Waals surface area contributed by atoms with Crippen molar-refractivity contribution in [3.05, 3.63) is 151 Å². The van der Waals surface area contributed by atoms with E-state index in [9.17, 15) is 14.7 Å². The molecule has 0 saturated carbocycles. The summed E-state index contributed by atoms with van der Waals surface area (Å²) in [6.45, 7) is 2.51. The Balaban J connectivity index is 0.827. The van der Waals surface area contributed by atoms with Crippen molar-refractivity contribution in [2.75, 3.05) is 89.7 Å². The molecule has 0 radical (unpaired) electrons. The number of guanidine groups is 1. The first kappa shape index (κ1) is 47.1. The fourth-order valence-corrected chi connectivity index (χ4v) is 7.63. The van der Waals surface area contributed by atoms with Gasteiger partial charge in [-0.1, -0.05) is 0 Å². The standard InChI is InChI=1S/C50H58N14O3/c1-51-38-13-17-40(18-14-38)53-41-21-23-43(24-22-41)55-57-49-61(5)31-33-63(49)29-7-27-59(3)47(66)36-9-11-37(12-10-36)48(67)60(4)28-8-30-64-34-32-62(6)50(64)58-56-45-26-25-44(35-46(45)65)54-42-19-15-39(52-2)16-20-42/h9-26,31-35,49H,7-8,27-30H2,1-6H3,(H4,51,52,53,54,55,56,57,65,66,67)/p+3. The summed E-state index contributed by atoms with van der Waals surface area (Å²) in [4.78, 5) is 34.3. The monoisotopic (exact) mass is 906 g/mol. The van der Waals surface area contributed by atoms with Gasteiger partial charge in [0.15, 0.2) is 5.69 Å². The van der Waals surface area contributed by atoms with E-state index >= 15 is 0 Å². The molecule has 67 heavy (non-hydrogen) atoms. The minimum Gasteiger partial charge on any atom is -0.505 e. The zero-order chi connectivity index (χ0) is 47.3. The van der Waals surface area contributed by atoms with Crippen molar-refractivity contribution >= 4 is 63.3 Å². The molecular weight excluding hydrogens is 845 g/mol. The molecule has 0 aliphatic carbocycles. The second-order valence-corrected chi connectivity index (χ2v) is 16.5. The van der Waals surface area contributed by atoms with E-state index in [1.165, 1.54) is 0 Å². The van der Waals surface area contributed by atoms with Crippen LogP contribution in [0.1, 0.15) is 33.6 Å². The topological polar surface area (TPSA) is 174 Å². The molecule has 5 aromatic rings. The molecule has 17 nitrogen and oxygen atoms in total. The number of azo groups is 2. The summed E-state index contributed by atoms with van der Waals surface area (Å²) in [5.74, 6) is 0.461. The Hall–Kier alpha value is -7.89. The first-order valence-electron chi connectivity index (χ1n) is 22.3. The van der Waals surface area contributed by atoms with Gasteiger partial charge in [0.05, 0.1) is 32.0 Å². The van der Waals surface area contributed by atoms with Gasteiger partial charge >= 0.3 is 5.96 Å². The number of quaternary nitrogens is 2. The molecule has 3 unspecified atom stereocenters. The Morgan fingerprint density at radius 2 is 1.18 bits per heavy atom. The fraction of sp³-hybridized carbons (Fsp3) is 0.260. The van der Waals surface area contributed by atoms with Crippen LogP contribution < -0.4 is 31.1 Å². The summed E-state index contributed by atoms with van der Waals surface area (Å²) in [6.07, 6.45) is 9.26. The maximum absolute atomic E-state index is 13.4. The molecule has 2 heterocycles. The molecule has 0 spiro atoms. The van der Waals surface area contributed by atoms with Gasteiger partial charge in [-0.3, -0.25) is 14.5 Å². The number of benzene rings is 5. The number of carbonyl (C=O) groups is 2. The van der Waals surface area contributed by atoms with Crippen LogP contribution in [0.25, 0.3) is 0 Å². The second-order valence-electron chi connectivity index (χ2n) is 16.5. The third-order valence-corrected chi connectivity index (χ3v) is 11.6. The lowest BCUT2D eigenvalue weighted by atomic mass is 10.1. The van der Waals surface area contributed by atoms with Crippen LogP contribution in [0.5, 0.6) is 5.75 Å². The SMILES string of the molecule is CNc1ccc(Nc2ccc(N=NC3N(C)C=C[NH+]3CCCN(C)C(=O)c3ccc(C(=O)N(C)CCC[NH+]4C=C[N+](C)=C4N=Nc4ccc(Nc5ccc(NC)cc5)cc4O)cc3)cc2)cc1. The minimum absolute atomic E-state index is 0.00960. The molecule has 3 atom stereocenters. The summed E-state index contributed by atoms with van der Waals surface area (Å²) < 4.78 is 1.89. The summed E-state index contributed by atoms with van der Waals surface area (Å²) in [7, 11) is 11.2. The van der Waals surface area contributed by atoms with Crippen molar-refractivity contribution in [3.63, 3.8) is 0 Å². The Labute approximate surface area is 392 Å². The maximum atomic E-state index is 13.4. The number of carbonyl (C=O) groups excluding carboxylic acids is 2. The molecule has 0 aromatic heterocycles. The number of phenols is 1. The highest BCUT2D eigenvalue weighted by molar-refractivity contribution is 5.97. The fourth-order valence-electron chi connectivity index (χ4n) is 7.63. The highest BCUT2D eigenvalue weighted by atomic mass is 16.3. The predicted octanol–water partition coefficient (Wildman–Crippen LogP) is 6.41. The molecule has 0 bridgehead atoms. The Kier molecular flexibility index (Phi) is 15.7. The Morgan fingerprint density at radius 3 is 1.73 bits per heavy atom. The average molecular weight is 906 g/mol. The largest absolute Gasteiger partial charge is 0.524 e. The van der Waals surface area contributed by atoms with Crippen LogP contribution in [0.15, 0.2) is 161 Å². The number of hydrogen-bond donors (Lipinski definition) is 7. The smallest absolute Gasteiger partial charge is 0.505 e. The van der Waals surface area contributed by atoms with E-state index in [0.717, 1.165) is 62.6 Å². The predicted molar refractivity (Wildman–Crippen MR) is 264 cm³/mol. The van der Waals surface area contributed by atoms with Crippen LogP contribution in [0.3, 0.4) is 0 Å². The number of amides is 2. The minimum atomic E-state index is -0.206. The summed E-state index contributed by atoms with van der Waals surface area (Å²) in [5, 5.41) is 41.7. The van der Waals surface area contributed by atoms with Crippen molar-refractivity contribution in [2.24, 2.45) is 20.5 Å². The molecule has 2 aliphatic rings. The number of rotatable bonds is 19. The third kappa shape index (κ3) is 12.5. The van der Waals surface area contributed by atoms with Crippen LogP contribution >= 0.6 is 0 Å². The number of phenolic OH excluding ortho intramolecular Hbond substituents is 1. The van der Waals surface area contributed by atoms with E-state index in [1.807, 2.05) is 135 Å². The molecule has 2 aliphatic heterocycles. The molecule has 5 aromatic carbocycles. The first-order valence-corrected chi connectivity index (χ1v) is 22.3. The summed E-state index contributed by atoms with van der Waals surface area (Å²) >= 11 is 0. The first-order chi connectivity index (χ1) is 32.5. The lowest BCUT2D eigenvalue weighted by molar-refractivity contribution is -0.877. The molecular formula is C50H61N14O3+3. The Bertz CT molecular complexity index is 2630. The van der Waals surface area contributed by atoms with E-state index in [0.29, 0.717) is 48.8 Å². The van der Waals surface area contributed by atoms with Gasteiger partial charge in [-0.15, -0.1) is 10.2 Å². The molecule has 2 amide bonds. The zero-order valence-corrected chi connectivity index (χ0v) is 38.9. The number of nitrogens with zero attached hydrogens (tertiary/aromatic N) is 8. The average Bonchev–Trinajstić information content (AvgIpc) is 3.89. The molecule has 0 saturated heterocycles. The van der Waals surface area contributed by atoms with Gasteiger partial charge in [0.25, 0.3) is 18.1 Å². The van der Waals surface area contributed by atoms with Crippen molar-refractivity contribution in [3.8, 4) is 5.75 Å². The van der Waals surface area contributed by atoms with Crippen LogP contribution in [0, 0.1) is 0 Å². The normalized spacial score (nSPS) is 16.6. The van der Waals surface area contributed by atoms with Gasteiger partial charge in [0.2, 0.25) is 0 Å². The van der Waals surface area contributed by atoms with Crippen molar-refractivity contribution in [2.45, 2.75) is 19.1 Å². The molecule has 17 heteroatoms. The summed E-state index contributed by atoms with van der Waals surface area (Å²) in [6, 6.07) is 35.8. The van der Waals surface area contributed by atoms with Crippen molar-refractivity contribution < 1.29 is 29.1 Å². The van der Waals surface area contributed by atoms with Gasteiger partial charge < -0.3 is 41.1 Å². The second kappa shape index (κ2) is 22.3. The van der Waals surface area contributed by atoms with E-state index in [2.05, 4.69) is 47.9 Å². The number of aromatic hydroxyl groups is 1. The van der Waals surface area contributed by atoms with Gasteiger partial charge in [0, 0.05) is 112 Å². The van der Waals surface area contributed by atoms with Crippen LogP contribution in [0.2, 0.25) is 0 Å². The quantitative estimate of drug-likeness (QED) is 0.0368. The molecule has 346 valence electrons. The zero-order valence-electron chi connectivity index (χ0n) is 38.9. The number of nitrogens with one attached hydrogen (secondary N) is 6. The van der Waals surface area contributed by atoms with Gasteiger partial charge in [-0.25, -0.2) is 0 Å². The molecule has 7 rings (SSSR count). The summed E-state index contributed by atoms with van der Waals surface area (Å²) in [5.41, 5.74) is 7.81. The van der Waals surface area contributed by atoms with Gasteiger partial charge in [-0.05, 0) is 114 Å². The lowest BCUT2D eigenvalue weighted by Gasteiger charge is -2.22. The number of anilines is 6. The maximum Gasteiger partial charge on any atom is 0.524 e. The van der Waals surface area contributed by atoms with Crippen molar-refractivity contribution in [1.29, 1.82) is 0 Å². The van der Waals surface area contributed by atoms with Crippen molar-refractivity contribution in [1.82, 2.24) is 14.7 Å². The van der Waals surface area contributed by atoms with Gasteiger partial charge in [-0.2, -0.15) is 9.48 Å². The van der Waals surface area contributed by atoms with E-state index in [4.69, 9.17) is 0 Å². The van der Waals surface area contributed by atoms with Gasteiger partial charge in [0.1, 0.15) is 29.5 Å². The highest BCUT2D eigenvalue weighted by Crippen LogP contribution is 2.31. The van der Waals surface area contributed by atoms with E-state index in [1.54, 1.807) is 60.3 Å². The number of hydrogen-bond acceptors (Lipinski definition) is 12. The molecule has 0 fully saturated rings. The lowest BCUT2D eigenvalue weighted by Crippen LogP contribution is -3.11. The van der Waals surface area contributed by atoms with Crippen LogP contribution in [-0.4, -0.2) is 117 Å². The van der Waals surface area contributed by atoms with E-state index < -0.39 is 0 Å². The third-order valence-electron chi connectivity index (χ3n) is 11.6. The molecule has 7 N–H and O–H groups in total. The van der Waals surface area contributed by atoms with Crippen LogP contribution in [-0.2, 0) is 0 Å². The highest BCUT2D eigenvalue weighted by Gasteiger charge is 2.31. The Morgan fingerprint density at radius 1 is 0.672 bits per heavy atom.